The highest BCUT2D eigenvalue weighted by molar-refractivity contribution is 7.24. The lowest BCUT2D eigenvalue weighted by Crippen LogP contribution is -2.37. The van der Waals surface area contributed by atoms with E-state index in [-0.39, 0.29) is 33.9 Å². The van der Waals surface area contributed by atoms with Crippen molar-refractivity contribution in [2.75, 3.05) is 47.5 Å². The molecule has 0 aliphatic rings. The van der Waals surface area contributed by atoms with E-state index in [1.165, 1.54) is 0 Å². The van der Waals surface area contributed by atoms with Crippen LogP contribution in [0.15, 0.2) is 12.2 Å². The minimum Gasteiger partial charge on any atom is -0.461 e. The van der Waals surface area contributed by atoms with Crippen molar-refractivity contribution in [3.05, 3.63) is 12.2 Å². The molecule has 7 nitrogen and oxygen atoms in total. The quantitative estimate of drug-likeness (QED) is 0.271. The molecule has 0 aliphatic heterocycles. The third-order valence-corrected chi connectivity index (χ3v) is 3.10. The van der Waals surface area contributed by atoms with E-state index in [0.717, 1.165) is 23.2 Å². The van der Waals surface area contributed by atoms with Gasteiger partial charge in [0.2, 0.25) is 0 Å². The molecule has 1 N–H and O–H groups in total. The minimum atomic E-state index is -0.732. The van der Waals surface area contributed by atoms with Gasteiger partial charge in [-0.25, -0.2) is 9.59 Å². The SMILES string of the molecule is C[N+](C)(C)CCC(COC(=O)/C=C/C(=O)OCCO)P=O. The summed E-state index contributed by atoms with van der Waals surface area (Å²) in [5.74, 6) is -1.43. The highest BCUT2D eigenvalue weighted by atomic mass is 31.1. The molecule has 0 heterocycles. The van der Waals surface area contributed by atoms with Crippen LogP contribution in [-0.2, 0) is 23.6 Å². The summed E-state index contributed by atoms with van der Waals surface area (Å²) in [5, 5.41) is 8.45. The van der Waals surface area contributed by atoms with Crippen LogP contribution in [-0.4, -0.2) is 74.7 Å². The van der Waals surface area contributed by atoms with E-state index < -0.39 is 11.9 Å². The third kappa shape index (κ3) is 12.2. The number of aliphatic hydroxyl groups excluding tert-OH is 1. The maximum Gasteiger partial charge on any atom is 0.331 e. The average molecular weight is 320 g/mol. The van der Waals surface area contributed by atoms with Crippen molar-refractivity contribution in [1.82, 2.24) is 0 Å². The van der Waals surface area contributed by atoms with Gasteiger partial charge >= 0.3 is 11.9 Å². The summed E-state index contributed by atoms with van der Waals surface area (Å²) in [7, 11) is 5.99. The standard InChI is InChI=1S/C13H23NO6P/c1-14(2,3)7-6-11(21-18)10-20-13(17)5-4-12(16)19-9-8-15/h4-5,11,15H,6-10H2,1-3H3/q+1/b5-4+. The number of hydrogen-bond acceptors (Lipinski definition) is 6. The van der Waals surface area contributed by atoms with Crippen LogP contribution >= 0.6 is 8.46 Å². The summed E-state index contributed by atoms with van der Waals surface area (Å²) in [5.41, 5.74) is -0.263. The van der Waals surface area contributed by atoms with Crippen molar-refractivity contribution in [2.45, 2.75) is 12.1 Å². The van der Waals surface area contributed by atoms with Crippen LogP contribution in [0.25, 0.3) is 0 Å². The second-order valence-corrected chi connectivity index (χ2v) is 6.36. The van der Waals surface area contributed by atoms with Crippen LogP contribution in [0.1, 0.15) is 6.42 Å². The van der Waals surface area contributed by atoms with Crippen LogP contribution in [0.3, 0.4) is 0 Å². The monoisotopic (exact) mass is 320 g/mol. The van der Waals surface area contributed by atoms with Gasteiger partial charge in [-0.05, 0) is 0 Å². The number of quaternary nitrogens is 1. The molecule has 0 saturated carbocycles. The molecule has 0 aromatic carbocycles. The molecule has 0 fully saturated rings. The van der Waals surface area contributed by atoms with Crippen LogP contribution in [0, 0.1) is 0 Å². The van der Waals surface area contributed by atoms with Gasteiger partial charge in [0.05, 0.1) is 40.0 Å². The Bertz CT molecular complexity index is 377. The largest absolute Gasteiger partial charge is 0.461 e. The highest BCUT2D eigenvalue weighted by Crippen LogP contribution is 2.13. The number of rotatable bonds is 10. The number of hydrogen-bond donors (Lipinski definition) is 1. The number of nitrogens with zero attached hydrogens (tertiary/aromatic N) is 1. The molecule has 21 heavy (non-hydrogen) atoms. The maximum absolute atomic E-state index is 11.4. The molecule has 0 saturated heterocycles. The Labute approximate surface area is 126 Å². The smallest absolute Gasteiger partial charge is 0.331 e. The van der Waals surface area contributed by atoms with E-state index in [4.69, 9.17) is 9.84 Å². The molecule has 0 radical (unpaired) electrons. The first-order chi connectivity index (χ1) is 9.78. The zero-order chi connectivity index (χ0) is 16.3. The number of carbonyl (C=O) groups excluding carboxylic acids is 2. The van der Waals surface area contributed by atoms with Crippen molar-refractivity contribution >= 4 is 20.4 Å². The summed E-state index contributed by atoms with van der Waals surface area (Å²) in [6.45, 7) is 0.432. The third-order valence-electron chi connectivity index (χ3n) is 2.39. The lowest BCUT2D eigenvalue weighted by Gasteiger charge is -2.24. The summed E-state index contributed by atoms with van der Waals surface area (Å²) >= 11 is 0. The van der Waals surface area contributed by atoms with Crippen molar-refractivity contribution in [1.29, 1.82) is 0 Å². The predicted molar refractivity (Wildman–Crippen MR) is 77.1 cm³/mol. The Kier molecular flexibility index (Phi) is 9.78. The molecule has 0 rings (SSSR count). The summed E-state index contributed by atoms with van der Waals surface area (Å²) < 4.78 is 21.2. The first kappa shape index (κ1) is 19.7. The van der Waals surface area contributed by atoms with E-state index in [2.05, 4.69) is 4.74 Å². The van der Waals surface area contributed by atoms with Crippen LogP contribution < -0.4 is 0 Å². The first-order valence-electron chi connectivity index (χ1n) is 6.54. The Hall–Kier alpha value is -1.30. The summed E-state index contributed by atoms with van der Waals surface area (Å²) in [4.78, 5) is 22.4. The van der Waals surface area contributed by atoms with E-state index in [9.17, 15) is 14.2 Å². The minimum absolute atomic E-state index is 0.0277. The molecule has 0 aromatic heterocycles. The second kappa shape index (κ2) is 10.4. The number of ether oxygens (including phenoxy) is 2. The molecular formula is C13H23NO6P+. The summed E-state index contributed by atoms with van der Waals surface area (Å²) in [6.07, 6.45) is 2.52. The van der Waals surface area contributed by atoms with Gasteiger partial charge in [-0.3, -0.25) is 4.57 Å². The van der Waals surface area contributed by atoms with Gasteiger partial charge in [0.15, 0.2) is 8.46 Å². The van der Waals surface area contributed by atoms with Crippen LogP contribution in [0.2, 0.25) is 0 Å². The average Bonchev–Trinajstić information content (AvgIpc) is 2.41. The maximum atomic E-state index is 11.4. The molecule has 0 bridgehead atoms. The molecule has 1 atom stereocenters. The van der Waals surface area contributed by atoms with Crippen molar-refractivity contribution in [3.8, 4) is 0 Å². The topological polar surface area (TPSA) is 89.9 Å². The Morgan fingerprint density at radius 1 is 1.19 bits per heavy atom. The van der Waals surface area contributed by atoms with Crippen LogP contribution in [0.5, 0.6) is 0 Å². The molecule has 0 spiro atoms. The van der Waals surface area contributed by atoms with Gasteiger partial charge in [-0.2, -0.15) is 0 Å². The second-order valence-electron chi connectivity index (χ2n) is 5.42. The van der Waals surface area contributed by atoms with Gasteiger partial charge in [-0.1, -0.05) is 0 Å². The molecule has 120 valence electrons. The number of aliphatic hydroxyl groups is 1. The zero-order valence-electron chi connectivity index (χ0n) is 12.7. The highest BCUT2D eigenvalue weighted by Gasteiger charge is 2.16. The van der Waals surface area contributed by atoms with Crippen LogP contribution in [0.4, 0.5) is 0 Å². The van der Waals surface area contributed by atoms with E-state index in [1.807, 2.05) is 21.1 Å². The Morgan fingerprint density at radius 3 is 2.24 bits per heavy atom. The lowest BCUT2D eigenvalue weighted by molar-refractivity contribution is -0.870. The summed E-state index contributed by atoms with van der Waals surface area (Å²) in [6, 6.07) is 0. The van der Waals surface area contributed by atoms with Gasteiger partial charge in [0, 0.05) is 18.6 Å². The van der Waals surface area contributed by atoms with Gasteiger partial charge in [0.25, 0.3) is 0 Å². The Balaban J connectivity index is 4.06. The van der Waals surface area contributed by atoms with Gasteiger partial charge < -0.3 is 19.1 Å². The molecule has 0 amide bonds. The molecule has 1 unspecified atom stereocenters. The van der Waals surface area contributed by atoms with Crippen molar-refractivity contribution in [2.24, 2.45) is 0 Å². The lowest BCUT2D eigenvalue weighted by atomic mass is 10.3. The van der Waals surface area contributed by atoms with Crippen molar-refractivity contribution in [3.63, 3.8) is 0 Å². The number of carbonyl (C=O) groups is 2. The molecule has 8 heteroatoms. The van der Waals surface area contributed by atoms with Gasteiger partial charge in [0.1, 0.15) is 13.2 Å². The van der Waals surface area contributed by atoms with Crippen molar-refractivity contribution < 1.29 is 33.2 Å². The predicted octanol–water partition coefficient (Wildman–Crippen LogP) is 0.378. The van der Waals surface area contributed by atoms with E-state index in [1.54, 1.807) is 0 Å². The fourth-order valence-corrected chi connectivity index (χ4v) is 1.62. The number of esters is 2. The molecule has 0 aliphatic carbocycles. The normalized spacial score (nSPS) is 13.3. The molecular weight excluding hydrogens is 297 g/mol. The fraction of sp³-hybridized carbons (Fsp3) is 0.692. The van der Waals surface area contributed by atoms with E-state index >= 15 is 0 Å². The van der Waals surface area contributed by atoms with Gasteiger partial charge in [-0.15, -0.1) is 0 Å². The zero-order valence-corrected chi connectivity index (χ0v) is 13.5. The fourth-order valence-electron chi connectivity index (χ4n) is 1.26. The Morgan fingerprint density at radius 2 is 1.76 bits per heavy atom. The molecule has 0 aromatic rings. The van der Waals surface area contributed by atoms with E-state index in [0.29, 0.717) is 6.42 Å². The first-order valence-corrected chi connectivity index (χ1v) is 7.42.